The van der Waals surface area contributed by atoms with Crippen molar-refractivity contribution in [3.05, 3.63) is 0 Å². The van der Waals surface area contributed by atoms with Crippen LogP contribution in [0.25, 0.3) is 0 Å². The van der Waals surface area contributed by atoms with Gasteiger partial charge >= 0.3 is 0 Å². The summed E-state index contributed by atoms with van der Waals surface area (Å²) in [7, 11) is 0. The first kappa shape index (κ1) is 12.5. The van der Waals surface area contributed by atoms with E-state index in [1.54, 1.807) is 0 Å². The monoisotopic (exact) mass is 222 g/mol. The second kappa shape index (κ2) is 3.50. The van der Waals surface area contributed by atoms with Gasteiger partial charge in [0.05, 0.1) is 0 Å². The van der Waals surface area contributed by atoms with Gasteiger partial charge in [0.25, 0.3) is 0 Å². The fraction of sp³-hybridized carbons (Fsp3) is 1.00. The maximum absolute atomic E-state index is 2.46. The highest BCUT2D eigenvalue weighted by molar-refractivity contribution is 5.14. The normalized spacial score (nSPS) is 44.2. The third-order valence-electron chi connectivity index (χ3n) is 6.02. The summed E-state index contributed by atoms with van der Waals surface area (Å²) in [6, 6.07) is 0. The van der Waals surface area contributed by atoms with E-state index in [0.717, 1.165) is 22.7 Å². The van der Waals surface area contributed by atoms with Gasteiger partial charge in [-0.15, -0.1) is 0 Å². The van der Waals surface area contributed by atoms with Crippen LogP contribution in [-0.2, 0) is 0 Å². The van der Waals surface area contributed by atoms with Gasteiger partial charge in [0.1, 0.15) is 0 Å². The van der Waals surface area contributed by atoms with Gasteiger partial charge < -0.3 is 0 Å². The van der Waals surface area contributed by atoms with Gasteiger partial charge in [-0.05, 0) is 53.8 Å². The van der Waals surface area contributed by atoms with Crippen LogP contribution in [0.15, 0.2) is 0 Å². The maximum atomic E-state index is 2.46. The van der Waals surface area contributed by atoms with Gasteiger partial charge in [0.15, 0.2) is 0 Å². The summed E-state index contributed by atoms with van der Waals surface area (Å²) in [5.74, 6) is 1.90. The minimum absolute atomic E-state index is 0.486. The molecule has 0 aromatic heterocycles. The summed E-state index contributed by atoms with van der Waals surface area (Å²) >= 11 is 0. The molecule has 0 nitrogen and oxygen atoms in total. The number of hydrogen-bond acceptors (Lipinski definition) is 0. The highest BCUT2D eigenvalue weighted by atomic mass is 14.7. The van der Waals surface area contributed by atoms with E-state index in [-0.39, 0.29) is 0 Å². The molecule has 0 bridgehead atoms. The third kappa shape index (κ3) is 1.93. The first-order valence-corrected chi connectivity index (χ1v) is 7.23. The summed E-state index contributed by atoms with van der Waals surface area (Å²) in [5, 5.41) is 0. The summed E-state index contributed by atoms with van der Waals surface area (Å²) in [4.78, 5) is 0. The average Bonchev–Trinajstić information content (AvgIpc) is 2.73. The average molecular weight is 222 g/mol. The molecule has 2 atom stereocenters. The van der Waals surface area contributed by atoms with Gasteiger partial charge in [0.2, 0.25) is 0 Å². The van der Waals surface area contributed by atoms with Crippen LogP contribution in [0.5, 0.6) is 0 Å². The fourth-order valence-corrected chi connectivity index (χ4v) is 3.98. The van der Waals surface area contributed by atoms with E-state index >= 15 is 0 Å². The number of rotatable bonds is 3. The first-order chi connectivity index (χ1) is 7.23. The van der Waals surface area contributed by atoms with Crippen LogP contribution in [0.2, 0.25) is 0 Å². The molecule has 2 rings (SSSR count). The summed E-state index contributed by atoms with van der Waals surface area (Å²) in [6.07, 6.45) is 7.47. The largest absolute Gasteiger partial charge is 0.0649 e. The zero-order valence-electron chi connectivity index (χ0n) is 12.2. The van der Waals surface area contributed by atoms with E-state index in [9.17, 15) is 0 Å². The van der Waals surface area contributed by atoms with Crippen molar-refractivity contribution in [3.63, 3.8) is 0 Å². The summed E-state index contributed by atoms with van der Waals surface area (Å²) < 4.78 is 0. The second-order valence-corrected chi connectivity index (χ2v) is 8.15. The molecule has 2 fully saturated rings. The molecule has 0 heterocycles. The molecule has 2 aliphatic rings. The highest BCUT2D eigenvalue weighted by Crippen LogP contribution is 2.74. The SMILES string of the molecule is CCC1(CC(C)C(C)(C)C)CC2(CC2C)C1. The molecule has 0 heteroatoms. The first-order valence-electron chi connectivity index (χ1n) is 7.23. The van der Waals surface area contributed by atoms with E-state index in [1.165, 1.54) is 32.1 Å². The van der Waals surface area contributed by atoms with E-state index < -0.39 is 0 Å². The lowest BCUT2D eigenvalue weighted by atomic mass is 9.53. The zero-order chi connectivity index (χ0) is 12.2. The standard InChI is InChI=1S/C16H30/c1-7-15(8-12(2)14(4,5)6)10-16(11-15)9-13(16)3/h12-13H,7-11H2,1-6H3. The van der Waals surface area contributed by atoms with Gasteiger partial charge in [-0.1, -0.05) is 48.0 Å². The van der Waals surface area contributed by atoms with Crippen LogP contribution >= 0.6 is 0 Å². The minimum Gasteiger partial charge on any atom is -0.0649 e. The van der Waals surface area contributed by atoms with Gasteiger partial charge in [0, 0.05) is 0 Å². The molecule has 1 spiro atoms. The van der Waals surface area contributed by atoms with Crippen LogP contribution in [0, 0.1) is 28.1 Å². The van der Waals surface area contributed by atoms with E-state index in [1.807, 2.05) is 0 Å². The molecule has 0 saturated heterocycles. The van der Waals surface area contributed by atoms with Gasteiger partial charge in [-0.25, -0.2) is 0 Å². The van der Waals surface area contributed by atoms with Crippen molar-refractivity contribution in [2.24, 2.45) is 28.1 Å². The van der Waals surface area contributed by atoms with Crippen molar-refractivity contribution in [1.29, 1.82) is 0 Å². The van der Waals surface area contributed by atoms with Crippen molar-refractivity contribution in [2.45, 2.75) is 73.6 Å². The molecule has 0 radical (unpaired) electrons. The van der Waals surface area contributed by atoms with Crippen molar-refractivity contribution >= 4 is 0 Å². The Balaban J connectivity index is 1.93. The molecular weight excluding hydrogens is 192 g/mol. The van der Waals surface area contributed by atoms with E-state index in [2.05, 4.69) is 41.5 Å². The Bertz CT molecular complexity index is 262. The lowest BCUT2D eigenvalue weighted by Gasteiger charge is -2.52. The van der Waals surface area contributed by atoms with Gasteiger partial charge in [-0.2, -0.15) is 0 Å². The van der Waals surface area contributed by atoms with Crippen molar-refractivity contribution in [1.82, 2.24) is 0 Å². The predicted octanol–water partition coefficient (Wildman–Crippen LogP) is 5.28. The Morgan fingerprint density at radius 1 is 1.25 bits per heavy atom. The maximum Gasteiger partial charge on any atom is -0.0258 e. The lowest BCUT2D eigenvalue weighted by molar-refractivity contribution is -0.0154. The molecule has 94 valence electrons. The molecule has 2 aliphatic carbocycles. The fourth-order valence-electron chi connectivity index (χ4n) is 3.98. The highest BCUT2D eigenvalue weighted by Gasteiger charge is 2.64. The molecule has 2 saturated carbocycles. The Labute approximate surface area is 102 Å². The molecule has 16 heavy (non-hydrogen) atoms. The van der Waals surface area contributed by atoms with Crippen LogP contribution in [0.1, 0.15) is 73.6 Å². The zero-order valence-corrected chi connectivity index (χ0v) is 12.2. The Hall–Kier alpha value is 0. The topological polar surface area (TPSA) is 0 Å². The molecule has 0 aliphatic heterocycles. The molecule has 0 N–H and O–H groups in total. The van der Waals surface area contributed by atoms with Crippen molar-refractivity contribution in [2.75, 3.05) is 0 Å². The van der Waals surface area contributed by atoms with E-state index in [4.69, 9.17) is 0 Å². The van der Waals surface area contributed by atoms with Crippen LogP contribution in [0.3, 0.4) is 0 Å². The molecule has 0 amide bonds. The molecule has 0 aromatic carbocycles. The van der Waals surface area contributed by atoms with Crippen LogP contribution in [0.4, 0.5) is 0 Å². The Morgan fingerprint density at radius 2 is 1.75 bits per heavy atom. The minimum atomic E-state index is 0.486. The smallest absolute Gasteiger partial charge is 0.0258 e. The number of hydrogen-bond donors (Lipinski definition) is 0. The van der Waals surface area contributed by atoms with Crippen molar-refractivity contribution < 1.29 is 0 Å². The summed E-state index contributed by atoms with van der Waals surface area (Å²) in [6.45, 7) is 14.5. The Morgan fingerprint density at radius 3 is 2.06 bits per heavy atom. The van der Waals surface area contributed by atoms with Crippen LogP contribution < -0.4 is 0 Å². The second-order valence-electron chi connectivity index (χ2n) is 8.15. The third-order valence-corrected chi connectivity index (χ3v) is 6.02. The van der Waals surface area contributed by atoms with E-state index in [0.29, 0.717) is 5.41 Å². The quantitative estimate of drug-likeness (QED) is 0.610. The molecule has 0 aromatic rings. The lowest BCUT2D eigenvalue weighted by Crippen LogP contribution is -2.41. The van der Waals surface area contributed by atoms with Gasteiger partial charge in [-0.3, -0.25) is 0 Å². The molecular formula is C16H30. The van der Waals surface area contributed by atoms with Crippen LogP contribution in [-0.4, -0.2) is 0 Å². The Kier molecular flexibility index (Phi) is 2.72. The predicted molar refractivity (Wildman–Crippen MR) is 71.4 cm³/mol. The summed E-state index contributed by atoms with van der Waals surface area (Å²) in [5.41, 5.74) is 2.03. The molecule has 2 unspecified atom stereocenters. The van der Waals surface area contributed by atoms with Crippen molar-refractivity contribution in [3.8, 4) is 0 Å².